The molecule has 0 spiro atoms. The Kier molecular flexibility index (Phi) is 3.27. The van der Waals surface area contributed by atoms with Gasteiger partial charge in [-0.1, -0.05) is 60.2 Å². The quantitative estimate of drug-likeness (QED) is 0.844. The van der Waals surface area contributed by atoms with E-state index in [9.17, 15) is 5.11 Å². The number of hydrogen-bond donors (Lipinski definition) is 2. The topological polar surface area (TPSA) is 46.2 Å². The minimum absolute atomic E-state index is 0.167. The Balaban J connectivity index is 2.52. The zero-order valence-corrected chi connectivity index (χ0v) is 9.93. The molecule has 0 aliphatic rings. The van der Waals surface area contributed by atoms with Gasteiger partial charge in [0.25, 0.3) is 0 Å². The fourth-order valence-electron chi connectivity index (χ4n) is 2.02. The molecule has 0 fully saturated rings. The van der Waals surface area contributed by atoms with Crippen LogP contribution >= 0.6 is 0 Å². The molecule has 0 aromatic heterocycles. The van der Waals surface area contributed by atoms with E-state index in [4.69, 9.17) is 5.73 Å². The molecule has 0 amide bonds. The van der Waals surface area contributed by atoms with Gasteiger partial charge in [0, 0.05) is 6.54 Å². The van der Waals surface area contributed by atoms with Gasteiger partial charge in [-0.05, 0) is 18.1 Å². The molecule has 88 valence electrons. The zero-order chi connectivity index (χ0) is 12.3. The summed E-state index contributed by atoms with van der Waals surface area (Å²) >= 11 is 0. The van der Waals surface area contributed by atoms with Crippen LogP contribution in [-0.4, -0.2) is 11.7 Å². The Bertz CT molecular complexity index is 495. The van der Waals surface area contributed by atoms with E-state index in [1.807, 2.05) is 61.5 Å². The molecule has 2 rings (SSSR count). The monoisotopic (exact) mass is 227 g/mol. The summed E-state index contributed by atoms with van der Waals surface area (Å²) < 4.78 is 0. The number of rotatable bonds is 3. The average molecular weight is 227 g/mol. The van der Waals surface area contributed by atoms with Crippen molar-refractivity contribution in [2.45, 2.75) is 12.5 Å². The van der Waals surface area contributed by atoms with E-state index in [1.165, 1.54) is 0 Å². The molecule has 0 saturated heterocycles. The van der Waals surface area contributed by atoms with Crippen LogP contribution in [0, 0.1) is 6.92 Å². The SMILES string of the molecule is Cc1cccc(C(O)(CN)c2ccccc2)c1. The van der Waals surface area contributed by atoms with Crippen molar-refractivity contribution >= 4 is 0 Å². The highest BCUT2D eigenvalue weighted by Gasteiger charge is 2.29. The van der Waals surface area contributed by atoms with Crippen molar-refractivity contribution < 1.29 is 5.11 Å². The predicted molar refractivity (Wildman–Crippen MR) is 69.7 cm³/mol. The van der Waals surface area contributed by atoms with Gasteiger partial charge in [-0.25, -0.2) is 0 Å². The first-order valence-corrected chi connectivity index (χ1v) is 5.72. The molecule has 2 aromatic rings. The van der Waals surface area contributed by atoms with Crippen LogP contribution in [0.1, 0.15) is 16.7 Å². The second kappa shape index (κ2) is 4.70. The molecule has 0 heterocycles. The fourth-order valence-corrected chi connectivity index (χ4v) is 2.02. The first-order chi connectivity index (χ1) is 8.16. The molecule has 0 bridgehead atoms. The van der Waals surface area contributed by atoms with Crippen molar-refractivity contribution in [3.63, 3.8) is 0 Å². The van der Waals surface area contributed by atoms with E-state index in [0.29, 0.717) is 0 Å². The third kappa shape index (κ3) is 2.23. The zero-order valence-electron chi connectivity index (χ0n) is 9.93. The summed E-state index contributed by atoms with van der Waals surface area (Å²) in [5.74, 6) is 0. The van der Waals surface area contributed by atoms with E-state index >= 15 is 0 Å². The van der Waals surface area contributed by atoms with Crippen molar-refractivity contribution in [3.05, 3.63) is 71.3 Å². The van der Waals surface area contributed by atoms with Crippen LogP contribution in [-0.2, 0) is 5.60 Å². The van der Waals surface area contributed by atoms with Gasteiger partial charge in [0.1, 0.15) is 5.60 Å². The Morgan fingerprint density at radius 2 is 1.65 bits per heavy atom. The minimum atomic E-state index is -1.10. The number of aliphatic hydroxyl groups is 1. The molecule has 2 nitrogen and oxygen atoms in total. The highest BCUT2D eigenvalue weighted by molar-refractivity contribution is 5.38. The number of benzene rings is 2. The van der Waals surface area contributed by atoms with Gasteiger partial charge >= 0.3 is 0 Å². The van der Waals surface area contributed by atoms with Crippen LogP contribution < -0.4 is 5.73 Å². The third-order valence-electron chi connectivity index (χ3n) is 3.04. The Morgan fingerprint density at radius 1 is 1.00 bits per heavy atom. The van der Waals surface area contributed by atoms with E-state index in [2.05, 4.69) is 0 Å². The molecule has 2 heteroatoms. The standard InChI is InChI=1S/C15H17NO/c1-12-6-5-9-14(10-12)15(17,11-16)13-7-3-2-4-8-13/h2-10,17H,11,16H2,1H3. The molecule has 1 atom stereocenters. The lowest BCUT2D eigenvalue weighted by Gasteiger charge is -2.28. The molecule has 2 aromatic carbocycles. The first-order valence-electron chi connectivity index (χ1n) is 5.72. The average Bonchev–Trinajstić information content (AvgIpc) is 2.39. The molecule has 1 unspecified atom stereocenters. The van der Waals surface area contributed by atoms with Crippen LogP contribution in [0.25, 0.3) is 0 Å². The van der Waals surface area contributed by atoms with Crippen molar-refractivity contribution in [2.75, 3.05) is 6.54 Å². The molecule has 0 radical (unpaired) electrons. The molecule has 17 heavy (non-hydrogen) atoms. The van der Waals surface area contributed by atoms with Crippen molar-refractivity contribution in [1.29, 1.82) is 0 Å². The molecule has 0 aliphatic carbocycles. The highest BCUT2D eigenvalue weighted by atomic mass is 16.3. The van der Waals surface area contributed by atoms with Crippen LogP contribution in [0.15, 0.2) is 54.6 Å². The summed E-state index contributed by atoms with van der Waals surface area (Å²) in [6.45, 7) is 2.17. The van der Waals surface area contributed by atoms with Gasteiger partial charge in [0.15, 0.2) is 0 Å². The summed E-state index contributed by atoms with van der Waals surface area (Å²) in [5.41, 5.74) is 7.45. The Hall–Kier alpha value is -1.64. The molecular formula is C15H17NO. The van der Waals surface area contributed by atoms with Gasteiger partial charge in [0.05, 0.1) is 0 Å². The summed E-state index contributed by atoms with van der Waals surface area (Å²) in [6, 6.07) is 17.4. The van der Waals surface area contributed by atoms with Crippen molar-refractivity contribution in [1.82, 2.24) is 0 Å². The van der Waals surface area contributed by atoms with Gasteiger partial charge in [0.2, 0.25) is 0 Å². The number of hydrogen-bond acceptors (Lipinski definition) is 2. The van der Waals surface area contributed by atoms with Crippen LogP contribution in [0.5, 0.6) is 0 Å². The summed E-state index contributed by atoms with van der Waals surface area (Å²) in [7, 11) is 0. The van der Waals surface area contributed by atoms with Crippen LogP contribution in [0.4, 0.5) is 0 Å². The van der Waals surface area contributed by atoms with Gasteiger partial charge in [-0.2, -0.15) is 0 Å². The minimum Gasteiger partial charge on any atom is -0.379 e. The number of aryl methyl sites for hydroxylation is 1. The lowest BCUT2D eigenvalue weighted by Crippen LogP contribution is -2.36. The molecule has 0 saturated carbocycles. The van der Waals surface area contributed by atoms with Gasteiger partial charge < -0.3 is 10.8 Å². The summed E-state index contributed by atoms with van der Waals surface area (Å²) in [4.78, 5) is 0. The lowest BCUT2D eigenvalue weighted by atomic mass is 9.86. The predicted octanol–water partition coefficient (Wildman–Crippen LogP) is 2.19. The first kappa shape index (κ1) is 11.8. The largest absolute Gasteiger partial charge is 0.379 e. The highest BCUT2D eigenvalue weighted by Crippen LogP contribution is 2.28. The van der Waals surface area contributed by atoms with E-state index in [1.54, 1.807) is 0 Å². The summed E-state index contributed by atoms with van der Waals surface area (Å²) in [6.07, 6.45) is 0. The molecule has 0 aliphatic heterocycles. The smallest absolute Gasteiger partial charge is 0.127 e. The Labute approximate surface area is 102 Å². The lowest BCUT2D eigenvalue weighted by molar-refractivity contribution is 0.0902. The maximum Gasteiger partial charge on any atom is 0.127 e. The third-order valence-corrected chi connectivity index (χ3v) is 3.04. The molecular weight excluding hydrogens is 210 g/mol. The number of nitrogens with two attached hydrogens (primary N) is 1. The maximum atomic E-state index is 10.8. The van der Waals surface area contributed by atoms with E-state index in [0.717, 1.165) is 16.7 Å². The normalized spacial score (nSPS) is 14.3. The molecule has 3 N–H and O–H groups in total. The Morgan fingerprint density at radius 3 is 2.24 bits per heavy atom. The van der Waals surface area contributed by atoms with Crippen LogP contribution in [0.3, 0.4) is 0 Å². The van der Waals surface area contributed by atoms with E-state index in [-0.39, 0.29) is 6.54 Å². The van der Waals surface area contributed by atoms with Crippen LogP contribution in [0.2, 0.25) is 0 Å². The van der Waals surface area contributed by atoms with E-state index < -0.39 is 5.60 Å². The fraction of sp³-hybridized carbons (Fsp3) is 0.200. The van der Waals surface area contributed by atoms with Gasteiger partial charge in [-0.3, -0.25) is 0 Å². The van der Waals surface area contributed by atoms with Gasteiger partial charge in [-0.15, -0.1) is 0 Å². The van der Waals surface area contributed by atoms with Crippen molar-refractivity contribution in [3.8, 4) is 0 Å². The van der Waals surface area contributed by atoms with Crippen molar-refractivity contribution in [2.24, 2.45) is 5.73 Å². The second-order valence-electron chi connectivity index (χ2n) is 4.30. The second-order valence-corrected chi connectivity index (χ2v) is 4.30. The summed E-state index contributed by atoms with van der Waals surface area (Å²) in [5, 5.41) is 10.8. The maximum absolute atomic E-state index is 10.8.